The lowest BCUT2D eigenvalue weighted by Crippen LogP contribution is -2.21. The second-order valence-electron chi connectivity index (χ2n) is 3.86. The fourth-order valence-corrected chi connectivity index (χ4v) is 1.89. The van der Waals surface area contributed by atoms with Gasteiger partial charge in [-0.1, -0.05) is 20.8 Å². The van der Waals surface area contributed by atoms with Gasteiger partial charge in [-0.25, -0.2) is 0 Å². The second kappa shape index (κ2) is 3.55. The summed E-state index contributed by atoms with van der Waals surface area (Å²) >= 11 is 0. The first-order valence-electron chi connectivity index (χ1n) is 4.41. The summed E-state index contributed by atoms with van der Waals surface area (Å²) in [7, 11) is 0. The predicted octanol–water partition coefficient (Wildman–Crippen LogP) is 1.43. The summed E-state index contributed by atoms with van der Waals surface area (Å²) in [6.45, 7) is 6.70. The van der Waals surface area contributed by atoms with Crippen LogP contribution in [0.5, 0.6) is 0 Å². The van der Waals surface area contributed by atoms with Gasteiger partial charge >= 0.3 is 0 Å². The van der Waals surface area contributed by atoms with Crippen LogP contribution in [0.3, 0.4) is 0 Å². The van der Waals surface area contributed by atoms with Crippen molar-refractivity contribution in [3.05, 3.63) is 0 Å². The number of hydrogen-bond acceptors (Lipinski definition) is 2. The lowest BCUT2D eigenvalue weighted by molar-refractivity contribution is -0.0146. The van der Waals surface area contributed by atoms with E-state index >= 15 is 0 Å². The Hall–Kier alpha value is -0.0800. The third-order valence-electron chi connectivity index (χ3n) is 2.41. The molecule has 0 aromatic carbocycles. The van der Waals surface area contributed by atoms with Crippen molar-refractivity contribution < 1.29 is 9.84 Å². The summed E-state index contributed by atoms with van der Waals surface area (Å²) in [5, 5.41) is 8.86. The molecule has 1 aliphatic heterocycles. The van der Waals surface area contributed by atoms with Gasteiger partial charge in [0.2, 0.25) is 0 Å². The minimum Gasteiger partial charge on any atom is -0.394 e. The van der Waals surface area contributed by atoms with E-state index in [9.17, 15) is 0 Å². The van der Waals surface area contributed by atoms with Gasteiger partial charge in [-0.15, -0.1) is 0 Å². The molecule has 0 aliphatic carbocycles. The normalized spacial score (nSPS) is 38.5. The summed E-state index contributed by atoms with van der Waals surface area (Å²) in [6, 6.07) is 0. The molecule has 0 saturated carbocycles. The summed E-state index contributed by atoms with van der Waals surface area (Å²) < 4.78 is 5.63. The first-order valence-corrected chi connectivity index (χ1v) is 4.41. The molecule has 0 amide bonds. The Labute approximate surface area is 68.6 Å². The minimum absolute atomic E-state index is 0.0948. The zero-order chi connectivity index (χ0) is 8.43. The number of hydrogen-bond donors (Lipinski definition) is 1. The maximum Gasteiger partial charge on any atom is 0.0813 e. The molecule has 1 fully saturated rings. The third-order valence-corrected chi connectivity index (χ3v) is 2.41. The second-order valence-corrected chi connectivity index (χ2v) is 3.86. The smallest absolute Gasteiger partial charge is 0.0813 e. The van der Waals surface area contributed by atoms with Crippen molar-refractivity contribution in [2.45, 2.75) is 39.4 Å². The van der Waals surface area contributed by atoms with Crippen molar-refractivity contribution in [1.82, 2.24) is 0 Å². The van der Waals surface area contributed by atoms with Crippen LogP contribution in [0.4, 0.5) is 0 Å². The van der Waals surface area contributed by atoms with Gasteiger partial charge in [0.05, 0.1) is 18.8 Å². The maximum absolute atomic E-state index is 8.86. The van der Waals surface area contributed by atoms with Crippen LogP contribution in [-0.4, -0.2) is 23.9 Å². The molecule has 0 aromatic rings. The minimum atomic E-state index is 0.0948. The van der Waals surface area contributed by atoms with Crippen molar-refractivity contribution in [3.8, 4) is 0 Å². The summed E-state index contributed by atoms with van der Waals surface area (Å²) in [4.78, 5) is 0. The van der Waals surface area contributed by atoms with Crippen molar-refractivity contribution in [3.63, 3.8) is 0 Å². The molecule has 0 spiro atoms. The largest absolute Gasteiger partial charge is 0.394 e. The molecule has 3 atom stereocenters. The Bertz CT molecular complexity index is 123. The molecule has 11 heavy (non-hydrogen) atoms. The molecule has 3 unspecified atom stereocenters. The van der Waals surface area contributed by atoms with E-state index in [1.54, 1.807) is 0 Å². The Morgan fingerprint density at radius 1 is 1.55 bits per heavy atom. The average molecular weight is 158 g/mol. The monoisotopic (exact) mass is 158 g/mol. The Morgan fingerprint density at radius 2 is 2.18 bits per heavy atom. The van der Waals surface area contributed by atoms with Gasteiger partial charge in [0.15, 0.2) is 0 Å². The number of ether oxygens (including phenoxy) is 1. The predicted molar refractivity (Wildman–Crippen MR) is 44.4 cm³/mol. The van der Waals surface area contributed by atoms with Crippen LogP contribution in [0.1, 0.15) is 27.2 Å². The first kappa shape index (κ1) is 9.01. The molecule has 0 radical (unpaired) electrons. The molecule has 0 bridgehead atoms. The fraction of sp³-hybridized carbons (Fsp3) is 1.00. The molecular weight excluding hydrogens is 140 g/mol. The fourth-order valence-electron chi connectivity index (χ4n) is 1.89. The van der Waals surface area contributed by atoms with Crippen LogP contribution in [0.2, 0.25) is 0 Å². The Balaban J connectivity index is 2.45. The molecule has 1 heterocycles. The van der Waals surface area contributed by atoms with Gasteiger partial charge in [0.25, 0.3) is 0 Å². The van der Waals surface area contributed by atoms with Crippen molar-refractivity contribution in [2.24, 2.45) is 11.8 Å². The highest BCUT2D eigenvalue weighted by Gasteiger charge is 2.33. The van der Waals surface area contributed by atoms with Gasteiger partial charge in [-0.3, -0.25) is 0 Å². The van der Waals surface area contributed by atoms with Crippen LogP contribution < -0.4 is 0 Å². The SMILES string of the molecule is CC(C)C1OC(CO)CC1C. The highest BCUT2D eigenvalue weighted by molar-refractivity contribution is 4.81. The lowest BCUT2D eigenvalue weighted by Gasteiger charge is -2.18. The van der Waals surface area contributed by atoms with Gasteiger partial charge in [-0.2, -0.15) is 0 Å². The quantitative estimate of drug-likeness (QED) is 0.658. The van der Waals surface area contributed by atoms with E-state index < -0.39 is 0 Å². The molecule has 1 saturated heterocycles. The van der Waals surface area contributed by atoms with Crippen LogP contribution >= 0.6 is 0 Å². The van der Waals surface area contributed by atoms with Crippen LogP contribution in [-0.2, 0) is 4.74 Å². The summed E-state index contributed by atoms with van der Waals surface area (Å²) in [5.41, 5.74) is 0. The molecular formula is C9H18O2. The molecule has 66 valence electrons. The number of aliphatic hydroxyl groups is 1. The van der Waals surface area contributed by atoms with Crippen LogP contribution in [0.15, 0.2) is 0 Å². The van der Waals surface area contributed by atoms with E-state index in [0.717, 1.165) is 6.42 Å². The third kappa shape index (κ3) is 1.94. The van der Waals surface area contributed by atoms with E-state index in [4.69, 9.17) is 9.84 Å². The molecule has 2 heteroatoms. The molecule has 0 aromatic heterocycles. The maximum atomic E-state index is 8.86. The Morgan fingerprint density at radius 3 is 2.45 bits per heavy atom. The first-order chi connectivity index (χ1) is 5.15. The van der Waals surface area contributed by atoms with E-state index in [1.807, 2.05) is 0 Å². The van der Waals surface area contributed by atoms with Gasteiger partial charge in [-0.05, 0) is 18.3 Å². The average Bonchev–Trinajstić information content (AvgIpc) is 2.30. The van der Waals surface area contributed by atoms with Crippen molar-refractivity contribution >= 4 is 0 Å². The van der Waals surface area contributed by atoms with Gasteiger partial charge in [0, 0.05) is 0 Å². The Kier molecular flexibility index (Phi) is 2.90. The van der Waals surface area contributed by atoms with Gasteiger partial charge < -0.3 is 9.84 Å². The van der Waals surface area contributed by atoms with E-state index in [0.29, 0.717) is 17.9 Å². The van der Waals surface area contributed by atoms with Crippen LogP contribution in [0, 0.1) is 11.8 Å². The van der Waals surface area contributed by atoms with E-state index in [1.165, 1.54) is 0 Å². The zero-order valence-electron chi connectivity index (χ0n) is 7.58. The van der Waals surface area contributed by atoms with E-state index in [-0.39, 0.29) is 12.7 Å². The highest BCUT2D eigenvalue weighted by atomic mass is 16.5. The van der Waals surface area contributed by atoms with Gasteiger partial charge in [0.1, 0.15) is 0 Å². The number of aliphatic hydroxyl groups excluding tert-OH is 1. The topological polar surface area (TPSA) is 29.5 Å². The molecule has 1 aliphatic rings. The van der Waals surface area contributed by atoms with E-state index in [2.05, 4.69) is 20.8 Å². The van der Waals surface area contributed by atoms with Crippen molar-refractivity contribution in [1.29, 1.82) is 0 Å². The zero-order valence-corrected chi connectivity index (χ0v) is 7.58. The van der Waals surface area contributed by atoms with Crippen molar-refractivity contribution in [2.75, 3.05) is 6.61 Å². The summed E-state index contributed by atoms with van der Waals surface area (Å²) in [5.74, 6) is 1.17. The molecule has 1 N–H and O–H groups in total. The molecule has 2 nitrogen and oxygen atoms in total. The lowest BCUT2D eigenvalue weighted by atomic mass is 9.94. The van der Waals surface area contributed by atoms with Crippen LogP contribution in [0.25, 0.3) is 0 Å². The summed E-state index contributed by atoms with van der Waals surface area (Å²) in [6.07, 6.45) is 1.46. The molecule has 1 rings (SSSR count). The highest BCUT2D eigenvalue weighted by Crippen LogP contribution is 2.30. The number of rotatable bonds is 2. The standard InChI is InChI=1S/C9H18O2/c1-6(2)9-7(3)4-8(5-10)11-9/h6-10H,4-5H2,1-3H3.